The number of likely N-dealkylation sites (N-methyl/N-ethyl adjacent to an activating group) is 1. The van der Waals surface area contributed by atoms with Gasteiger partial charge in [0.15, 0.2) is 0 Å². The SMILES string of the molecule is Cc1ccc(-n2nc(C(C)(C)C)cc2NC(=O)CN(C)C(=O)CC(C)(C)C)c(C)c1. The summed E-state index contributed by atoms with van der Waals surface area (Å²) in [5.74, 6) is 0.315. The van der Waals surface area contributed by atoms with E-state index in [0.29, 0.717) is 12.2 Å². The Labute approximate surface area is 180 Å². The molecule has 0 saturated carbocycles. The minimum absolute atomic E-state index is 0.00216. The summed E-state index contributed by atoms with van der Waals surface area (Å²) in [5.41, 5.74) is 3.77. The van der Waals surface area contributed by atoms with Gasteiger partial charge in [-0.15, -0.1) is 0 Å². The van der Waals surface area contributed by atoms with Gasteiger partial charge in [0.25, 0.3) is 0 Å². The highest BCUT2D eigenvalue weighted by atomic mass is 16.2. The number of anilines is 1. The van der Waals surface area contributed by atoms with E-state index < -0.39 is 0 Å². The van der Waals surface area contributed by atoms with Crippen LogP contribution in [-0.2, 0) is 15.0 Å². The summed E-state index contributed by atoms with van der Waals surface area (Å²) in [6.45, 7) is 16.4. The Kier molecular flexibility index (Phi) is 6.80. The Bertz CT molecular complexity index is 930. The van der Waals surface area contributed by atoms with E-state index in [1.807, 2.05) is 52.8 Å². The fourth-order valence-electron chi connectivity index (χ4n) is 3.14. The summed E-state index contributed by atoms with van der Waals surface area (Å²) in [5, 5.41) is 7.74. The second-order valence-corrected chi connectivity index (χ2v) is 10.4. The molecule has 0 fully saturated rings. The van der Waals surface area contributed by atoms with Crippen molar-refractivity contribution in [2.75, 3.05) is 18.9 Å². The summed E-state index contributed by atoms with van der Waals surface area (Å²) in [6, 6.07) is 8.05. The lowest BCUT2D eigenvalue weighted by Gasteiger charge is -2.23. The minimum atomic E-state index is -0.244. The van der Waals surface area contributed by atoms with Gasteiger partial charge < -0.3 is 10.2 Å². The van der Waals surface area contributed by atoms with E-state index in [-0.39, 0.29) is 29.2 Å². The summed E-state index contributed by atoms with van der Waals surface area (Å²) >= 11 is 0. The fraction of sp³-hybridized carbons (Fsp3) is 0.542. The first-order chi connectivity index (χ1) is 13.7. The lowest BCUT2D eigenvalue weighted by atomic mass is 9.92. The van der Waals surface area contributed by atoms with Crippen LogP contribution in [0.1, 0.15) is 64.8 Å². The Balaban J connectivity index is 2.29. The molecule has 1 N–H and O–H groups in total. The molecule has 0 aliphatic rings. The van der Waals surface area contributed by atoms with Crippen LogP contribution < -0.4 is 5.32 Å². The van der Waals surface area contributed by atoms with Crippen molar-refractivity contribution < 1.29 is 9.59 Å². The molecule has 30 heavy (non-hydrogen) atoms. The highest BCUT2D eigenvalue weighted by Crippen LogP contribution is 2.28. The second kappa shape index (κ2) is 8.62. The molecule has 0 saturated heterocycles. The quantitative estimate of drug-likeness (QED) is 0.779. The van der Waals surface area contributed by atoms with E-state index >= 15 is 0 Å². The maximum atomic E-state index is 12.7. The predicted molar refractivity (Wildman–Crippen MR) is 122 cm³/mol. The zero-order valence-electron chi connectivity index (χ0n) is 19.9. The molecule has 6 nitrogen and oxygen atoms in total. The number of aromatic nitrogens is 2. The van der Waals surface area contributed by atoms with Crippen LogP contribution in [0.25, 0.3) is 5.69 Å². The lowest BCUT2D eigenvalue weighted by molar-refractivity contribution is -0.134. The van der Waals surface area contributed by atoms with E-state index in [2.05, 4.69) is 32.2 Å². The number of rotatable bonds is 5. The number of carbonyl (C=O) groups is 2. The van der Waals surface area contributed by atoms with Gasteiger partial charge >= 0.3 is 0 Å². The third-order valence-corrected chi connectivity index (χ3v) is 4.81. The standard InChI is InChI=1S/C24H36N4O2/c1-16-10-11-18(17(2)12-16)28-20(13-19(26-28)24(6,7)8)25-21(29)15-27(9)22(30)14-23(3,4)5/h10-13H,14-15H2,1-9H3,(H,25,29). The number of hydrogen-bond donors (Lipinski definition) is 1. The normalized spacial score (nSPS) is 12.0. The molecule has 0 atom stereocenters. The first kappa shape index (κ1) is 23.6. The average molecular weight is 413 g/mol. The van der Waals surface area contributed by atoms with Crippen molar-refractivity contribution in [2.24, 2.45) is 5.41 Å². The van der Waals surface area contributed by atoms with Gasteiger partial charge in [-0.05, 0) is 30.9 Å². The van der Waals surface area contributed by atoms with E-state index in [4.69, 9.17) is 5.10 Å². The van der Waals surface area contributed by atoms with E-state index in [1.165, 1.54) is 10.5 Å². The molecule has 0 aliphatic heterocycles. The summed E-state index contributed by atoms with van der Waals surface area (Å²) < 4.78 is 1.78. The predicted octanol–water partition coefficient (Wildman–Crippen LogP) is 4.62. The molecule has 164 valence electrons. The van der Waals surface area contributed by atoms with Gasteiger partial charge in [0.2, 0.25) is 11.8 Å². The highest BCUT2D eigenvalue weighted by Gasteiger charge is 2.24. The number of aryl methyl sites for hydroxylation is 2. The molecule has 0 unspecified atom stereocenters. The number of hydrogen-bond acceptors (Lipinski definition) is 3. The molecule has 6 heteroatoms. The smallest absolute Gasteiger partial charge is 0.245 e. The van der Waals surface area contributed by atoms with Crippen LogP contribution in [0.2, 0.25) is 0 Å². The number of carbonyl (C=O) groups excluding carboxylic acids is 2. The monoisotopic (exact) mass is 412 g/mol. The van der Waals surface area contributed by atoms with Gasteiger partial charge in [-0.1, -0.05) is 59.2 Å². The molecule has 1 heterocycles. The molecule has 1 aromatic carbocycles. The molecular weight excluding hydrogens is 376 g/mol. The first-order valence-corrected chi connectivity index (χ1v) is 10.4. The van der Waals surface area contributed by atoms with Gasteiger partial charge in [0.1, 0.15) is 5.82 Å². The molecule has 2 amide bonds. The second-order valence-electron chi connectivity index (χ2n) is 10.4. The Morgan fingerprint density at radius 1 is 1.07 bits per heavy atom. The van der Waals surface area contributed by atoms with Crippen molar-refractivity contribution in [1.82, 2.24) is 14.7 Å². The van der Waals surface area contributed by atoms with Crippen LogP contribution in [0.15, 0.2) is 24.3 Å². The van der Waals surface area contributed by atoms with Crippen LogP contribution in [0, 0.1) is 19.3 Å². The summed E-state index contributed by atoms with van der Waals surface area (Å²) in [7, 11) is 1.66. The van der Waals surface area contributed by atoms with Gasteiger partial charge in [-0.25, -0.2) is 4.68 Å². The van der Waals surface area contributed by atoms with E-state index in [1.54, 1.807) is 11.7 Å². The maximum absolute atomic E-state index is 12.7. The Morgan fingerprint density at radius 2 is 1.70 bits per heavy atom. The third-order valence-electron chi connectivity index (χ3n) is 4.81. The molecular formula is C24H36N4O2. The van der Waals surface area contributed by atoms with Gasteiger partial charge in [-0.3, -0.25) is 9.59 Å². The number of benzene rings is 1. The topological polar surface area (TPSA) is 67.2 Å². The minimum Gasteiger partial charge on any atom is -0.336 e. The molecule has 2 aromatic rings. The molecule has 0 bridgehead atoms. The van der Waals surface area contributed by atoms with Crippen molar-refractivity contribution in [3.8, 4) is 5.69 Å². The zero-order chi connectivity index (χ0) is 22.9. The van der Waals surface area contributed by atoms with Crippen LogP contribution in [0.4, 0.5) is 5.82 Å². The fourth-order valence-corrected chi connectivity index (χ4v) is 3.14. The Hall–Kier alpha value is -2.63. The maximum Gasteiger partial charge on any atom is 0.245 e. The van der Waals surface area contributed by atoms with E-state index in [9.17, 15) is 9.59 Å². The van der Waals surface area contributed by atoms with Crippen molar-refractivity contribution in [2.45, 2.75) is 67.2 Å². The molecule has 1 aromatic heterocycles. The van der Waals surface area contributed by atoms with Gasteiger partial charge in [0, 0.05) is 24.9 Å². The van der Waals surface area contributed by atoms with Crippen molar-refractivity contribution in [3.63, 3.8) is 0 Å². The molecule has 2 rings (SSSR count). The van der Waals surface area contributed by atoms with Crippen LogP contribution in [-0.4, -0.2) is 40.1 Å². The first-order valence-electron chi connectivity index (χ1n) is 10.4. The zero-order valence-corrected chi connectivity index (χ0v) is 19.9. The number of amides is 2. The van der Waals surface area contributed by atoms with Crippen LogP contribution in [0.5, 0.6) is 0 Å². The Morgan fingerprint density at radius 3 is 2.23 bits per heavy atom. The highest BCUT2D eigenvalue weighted by molar-refractivity contribution is 5.94. The van der Waals surface area contributed by atoms with E-state index in [0.717, 1.165) is 16.9 Å². The lowest BCUT2D eigenvalue weighted by Crippen LogP contribution is -2.36. The van der Waals surface area contributed by atoms with Crippen LogP contribution >= 0.6 is 0 Å². The third kappa shape index (κ3) is 6.18. The van der Waals surface area contributed by atoms with Gasteiger partial charge in [0.05, 0.1) is 17.9 Å². The summed E-state index contributed by atoms with van der Waals surface area (Å²) in [4.78, 5) is 26.6. The van der Waals surface area contributed by atoms with Gasteiger partial charge in [-0.2, -0.15) is 5.10 Å². The largest absolute Gasteiger partial charge is 0.336 e. The molecule has 0 spiro atoms. The van der Waals surface area contributed by atoms with Crippen LogP contribution in [0.3, 0.4) is 0 Å². The van der Waals surface area contributed by atoms with Crippen molar-refractivity contribution in [3.05, 3.63) is 41.1 Å². The number of nitrogens with zero attached hydrogens (tertiary/aromatic N) is 3. The molecule has 0 radical (unpaired) electrons. The molecule has 0 aliphatic carbocycles. The average Bonchev–Trinajstić information content (AvgIpc) is 2.96. The van der Waals surface area contributed by atoms with Crippen molar-refractivity contribution in [1.29, 1.82) is 0 Å². The summed E-state index contributed by atoms with van der Waals surface area (Å²) in [6.07, 6.45) is 0.394. The number of nitrogens with one attached hydrogen (secondary N) is 1. The van der Waals surface area contributed by atoms with Crippen molar-refractivity contribution >= 4 is 17.6 Å².